The van der Waals surface area contributed by atoms with E-state index in [1.165, 1.54) is 10.9 Å². The summed E-state index contributed by atoms with van der Waals surface area (Å²) in [6.45, 7) is 0.277. The molecule has 0 atom stereocenters. The van der Waals surface area contributed by atoms with E-state index in [1.807, 2.05) is 72.8 Å². The van der Waals surface area contributed by atoms with Crippen LogP contribution in [0.25, 0.3) is 21.5 Å². The topological polar surface area (TPSA) is 102 Å². The number of fused-ring (bicyclic) bond motifs is 2. The van der Waals surface area contributed by atoms with Gasteiger partial charge in [0.05, 0.1) is 17.7 Å². The number of hydrogen-bond acceptors (Lipinski definition) is 5. The molecule has 0 aliphatic carbocycles. The third-order valence-electron chi connectivity index (χ3n) is 5.56. The number of halogens is 1. The van der Waals surface area contributed by atoms with Crippen LogP contribution >= 0.6 is 15.9 Å². The average molecular weight is 528 g/mol. The molecule has 0 fully saturated rings. The van der Waals surface area contributed by atoms with Crippen molar-refractivity contribution in [3.63, 3.8) is 0 Å². The molecule has 0 spiro atoms. The summed E-state index contributed by atoms with van der Waals surface area (Å²) in [4.78, 5) is 23.7. The molecular formula is C26H18BrN5O3. The third kappa shape index (κ3) is 4.67. The van der Waals surface area contributed by atoms with Crippen LogP contribution in [-0.4, -0.2) is 26.8 Å². The van der Waals surface area contributed by atoms with Gasteiger partial charge < -0.3 is 0 Å². The Hall–Kier alpha value is -4.37. The molecule has 1 N–H and O–H groups in total. The Kier molecular flexibility index (Phi) is 6.07. The predicted octanol–water partition coefficient (Wildman–Crippen LogP) is 5.67. The molecule has 1 aromatic heterocycles. The summed E-state index contributed by atoms with van der Waals surface area (Å²) in [5, 5.41) is 23.9. The minimum absolute atomic E-state index is 0.277. The van der Waals surface area contributed by atoms with Gasteiger partial charge in [-0.15, -0.1) is 0 Å². The molecule has 1 heterocycles. The fraction of sp³-hybridized carbons (Fsp3) is 0.0385. The summed E-state index contributed by atoms with van der Waals surface area (Å²) in [6.07, 6.45) is 2.81. The normalized spacial score (nSPS) is 11.3. The smallest absolute Gasteiger partial charge is 0.265 e. The summed E-state index contributed by atoms with van der Waals surface area (Å²) in [6, 6.07) is 25.4. The van der Waals surface area contributed by atoms with Gasteiger partial charge in [-0.25, -0.2) is 5.43 Å². The molecule has 0 saturated carbocycles. The van der Waals surface area contributed by atoms with Gasteiger partial charge in [-0.2, -0.15) is 10.2 Å². The first-order valence-electron chi connectivity index (χ1n) is 10.7. The predicted molar refractivity (Wildman–Crippen MR) is 139 cm³/mol. The van der Waals surface area contributed by atoms with Crippen LogP contribution in [0.5, 0.6) is 0 Å². The van der Waals surface area contributed by atoms with Crippen LogP contribution in [0.15, 0.2) is 94.6 Å². The van der Waals surface area contributed by atoms with E-state index in [1.54, 1.807) is 6.21 Å². The molecule has 5 aromatic rings. The molecule has 35 heavy (non-hydrogen) atoms. The van der Waals surface area contributed by atoms with Crippen LogP contribution in [0.3, 0.4) is 0 Å². The fourth-order valence-corrected chi connectivity index (χ4v) is 4.45. The van der Waals surface area contributed by atoms with E-state index in [-0.39, 0.29) is 17.9 Å². The number of hydrogen-bond donors (Lipinski definition) is 1. The maximum atomic E-state index is 12.8. The Morgan fingerprint density at radius 2 is 1.71 bits per heavy atom. The first-order chi connectivity index (χ1) is 17.0. The number of aromatic nitrogens is 2. The summed E-state index contributed by atoms with van der Waals surface area (Å²) < 4.78 is 2.25. The Bertz CT molecular complexity index is 1570. The van der Waals surface area contributed by atoms with Crippen LogP contribution in [0.1, 0.15) is 21.6 Å². The zero-order chi connectivity index (χ0) is 24.4. The van der Waals surface area contributed by atoms with Gasteiger partial charge in [0.2, 0.25) is 5.69 Å². The van der Waals surface area contributed by atoms with Gasteiger partial charge >= 0.3 is 5.69 Å². The fourth-order valence-electron chi connectivity index (χ4n) is 4.01. The number of carbonyl (C=O) groups is 1. The lowest BCUT2D eigenvalue weighted by molar-refractivity contribution is -0.385. The van der Waals surface area contributed by atoms with Gasteiger partial charge in [-0.3, -0.25) is 19.6 Å². The Morgan fingerprint density at radius 1 is 1.03 bits per heavy atom. The third-order valence-corrected chi connectivity index (χ3v) is 6.05. The second-order valence-corrected chi connectivity index (χ2v) is 8.79. The molecule has 1 amide bonds. The summed E-state index contributed by atoms with van der Waals surface area (Å²) in [5.74, 6) is -0.759. The van der Waals surface area contributed by atoms with Gasteiger partial charge in [0.1, 0.15) is 6.20 Å². The molecule has 5 rings (SSSR count). The zero-order valence-corrected chi connectivity index (χ0v) is 19.8. The Labute approximate surface area is 208 Å². The number of rotatable bonds is 6. The minimum Gasteiger partial charge on any atom is -0.265 e. The summed E-state index contributed by atoms with van der Waals surface area (Å²) in [7, 11) is 0. The van der Waals surface area contributed by atoms with Crippen LogP contribution in [0, 0.1) is 10.1 Å². The van der Waals surface area contributed by atoms with Crippen LogP contribution in [0.4, 0.5) is 5.69 Å². The average Bonchev–Trinajstić information content (AvgIpc) is 3.28. The molecule has 0 saturated heterocycles. The number of nitro groups is 1. The zero-order valence-electron chi connectivity index (χ0n) is 18.3. The summed E-state index contributed by atoms with van der Waals surface area (Å²) in [5.41, 5.74) is 3.43. The number of benzene rings is 4. The Balaban J connectivity index is 1.43. The quantitative estimate of drug-likeness (QED) is 0.133. The van der Waals surface area contributed by atoms with Crippen molar-refractivity contribution in [1.82, 2.24) is 15.2 Å². The molecule has 8 nitrogen and oxygen atoms in total. The SMILES string of the molecule is O=C(N/N=C/c1c2ccccc2cc2ccccc12)c1nn(Cc2cccc(Br)c2)cc1[N+](=O)[O-]. The van der Waals surface area contributed by atoms with E-state index in [4.69, 9.17) is 0 Å². The first-order valence-corrected chi connectivity index (χ1v) is 11.5. The van der Waals surface area contributed by atoms with Crippen LogP contribution in [-0.2, 0) is 6.54 Å². The lowest BCUT2D eigenvalue weighted by Gasteiger charge is -2.07. The highest BCUT2D eigenvalue weighted by Crippen LogP contribution is 2.27. The minimum atomic E-state index is -0.759. The highest BCUT2D eigenvalue weighted by atomic mass is 79.9. The van der Waals surface area contributed by atoms with Gasteiger partial charge in [0.15, 0.2) is 0 Å². The van der Waals surface area contributed by atoms with Crippen molar-refractivity contribution in [3.05, 3.63) is 116 Å². The molecule has 0 radical (unpaired) electrons. The molecular weight excluding hydrogens is 510 g/mol. The van der Waals surface area contributed by atoms with E-state index in [0.717, 1.165) is 37.1 Å². The van der Waals surface area contributed by atoms with Gasteiger partial charge in [0, 0.05) is 10.0 Å². The maximum Gasteiger partial charge on any atom is 0.320 e. The Morgan fingerprint density at radius 3 is 2.37 bits per heavy atom. The number of carbonyl (C=O) groups excluding carboxylic acids is 1. The number of nitrogens with one attached hydrogen (secondary N) is 1. The molecule has 4 aromatic carbocycles. The van der Waals surface area contributed by atoms with Crippen molar-refractivity contribution in [2.75, 3.05) is 0 Å². The monoisotopic (exact) mass is 527 g/mol. The van der Waals surface area contributed by atoms with Gasteiger partial charge in [-0.1, -0.05) is 76.6 Å². The van der Waals surface area contributed by atoms with Crippen molar-refractivity contribution in [2.24, 2.45) is 5.10 Å². The molecule has 0 aliphatic heterocycles. The second kappa shape index (κ2) is 9.47. The van der Waals surface area contributed by atoms with Crippen LogP contribution in [0.2, 0.25) is 0 Å². The second-order valence-electron chi connectivity index (χ2n) is 7.88. The molecule has 9 heteroatoms. The van der Waals surface area contributed by atoms with E-state index in [0.29, 0.717) is 0 Å². The highest BCUT2D eigenvalue weighted by molar-refractivity contribution is 9.10. The molecule has 0 unspecified atom stereocenters. The van der Waals surface area contributed by atoms with E-state index >= 15 is 0 Å². The van der Waals surface area contributed by atoms with Crippen molar-refractivity contribution in [1.29, 1.82) is 0 Å². The van der Waals surface area contributed by atoms with Gasteiger partial charge in [0.25, 0.3) is 5.91 Å². The standard InChI is InChI=1S/C26H18BrN5O3/c27-20-9-5-6-17(12-20)15-31-16-24(32(34)35)25(30-31)26(33)29-28-14-23-21-10-3-1-7-18(21)13-19-8-2-4-11-22(19)23/h1-14,16H,15H2,(H,29,33)/b28-14+. The molecule has 0 aliphatic rings. The lowest BCUT2D eigenvalue weighted by atomic mass is 9.97. The molecule has 172 valence electrons. The highest BCUT2D eigenvalue weighted by Gasteiger charge is 2.25. The lowest BCUT2D eigenvalue weighted by Crippen LogP contribution is -2.20. The van der Waals surface area contributed by atoms with E-state index in [9.17, 15) is 14.9 Å². The van der Waals surface area contributed by atoms with Crippen molar-refractivity contribution in [3.8, 4) is 0 Å². The first kappa shape index (κ1) is 22.4. The largest absolute Gasteiger partial charge is 0.320 e. The van der Waals surface area contributed by atoms with Crippen molar-refractivity contribution < 1.29 is 9.72 Å². The van der Waals surface area contributed by atoms with E-state index in [2.05, 4.69) is 37.6 Å². The maximum absolute atomic E-state index is 12.8. The summed E-state index contributed by atoms with van der Waals surface area (Å²) >= 11 is 3.40. The van der Waals surface area contributed by atoms with E-state index < -0.39 is 10.8 Å². The van der Waals surface area contributed by atoms with Crippen molar-refractivity contribution >= 4 is 55.3 Å². The molecule has 0 bridgehead atoms. The van der Waals surface area contributed by atoms with Gasteiger partial charge in [-0.05, 0) is 45.3 Å². The van der Waals surface area contributed by atoms with Crippen LogP contribution < -0.4 is 5.43 Å². The number of nitrogens with zero attached hydrogens (tertiary/aromatic N) is 4. The van der Waals surface area contributed by atoms with Crippen molar-refractivity contribution in [2.45, 2.75) is 6.54 Å². The number of hydrazone groups is 1. The number of amides is 1.